The topological polar surface area (TPSA) is 136 Å². The summed E-state index contributed by atoms with van der Waals surface area (Å²) < 4.78 is 0. The number of para-hydroxylation sites is 2. The van der Waals surface area contributed by atoms with E-state index in [1.54, 1.807) is 12.1 Å². The van der Waals surface area contributed by atoms with Crippen LogP contribution in [0.4, 0.5) is 0 Å². The summed E-state index contributed by atoms with van der Waals surface area (Å²) in [6, 6.07) is 6.15. The van der Waals surface area contributed by atoms with Crippen LogP contribution in [0.3, 0.4) is 0 Å². The van der Waals surface area contributed by atoms with Crippen molar-refractivity contribution in [1.82, 2.24) is 0 Å². The third kappa shape index (κ3) is 6.57. The van der Waals surface area contributed by atoms with Gasteiger partial charge in [-0.25, -0.2) is 0 Å². The zero-order valence-electron chi connectivity index (χ0n) is 7.14. The molecule has 15 heavy (non-hydrogen) atoms. The minimum absolute atomic E-state index is 0.0764. The molecule has 0 aliphatic carbocycles. The van der Waals surface area contributed by atoms with Crippen LogP contribution in [0.5, 0.6) is 11.5 Å². The third-order valence-electron chi connectivity index (χ3n) is 1.02. The average molecular weight is 218 g/mol. The Balaban J connectivity index is 0.000000265. The maximum absolute atomic E-state index is 8.95. The molecule has 0 aliphatic rings. The Bertz CT molecular complexity index is 320. The van der Waals surface area contributed by atoms with Crippen molar-refractivity contribution in [3.63, 3.8) is 0 Å². The first-order valence-electron chi connectivity index (χ1n) is 3.37. The third-order valence-corrected chi connectivity index (χ3v) is 1.02. The number of benzene rings is 1. The first kappa shape index (κ1) is 12.4. The summed E-state index contributed by atoms with van der Waals surface area (Å²) >= 11 is 0. The van der Waals surface area contributed by atoms with Crippen LogP contribution in [0.2, 0.25) is 0 Å². The maximum Gasteiger partial charge on any atom is 0.356 e. The zero-order valence-corrected chi connectivity index (χ0v) is 7.14. The van der Waals surface area contributed by atoms with Gasteiger partial charge in [-0.05, 0) is 12.1 Å². The Kier molecular flexibility index (Phi) is 4.94. The van der Waals surface area contributed by atoms with Gasteiger partial charge in [-0.1, -0.05) is 12.1 Å². The number of phenols is 2. The van der Waals surface area contributed by atoms with Crippen LogP contribution in [0.15, 0.2) is 24.3 Å². The van der Waals surface area contributed by atoms with Gasteiger partial charge in [-0.15, -0.1) is 20.2 Å². The van der Waals surface area contributed by atoms with Gasteiger partial charge in [0, 0.05) is 4.94 Å². The van der Waals surface area contributed by atoms with Gasteiger partial charge in [0.15, 0.2) is 11.5 Å². The fraction of sp³-hybridized carbons (Fsp3) is 0. The second kappa shape index (κ2) is 5.96. The molecule has 0 atom stereocenters. The largest absolute Gasteiger partial charge is 0.504 e. The normalized spacial score (nSPS) is 8.27. The van der Waals surface area contributed by atoms with Crippen LogP contribution in [-0.2, 0) is 4.94 Å². The van der Waals surface area contributed by atoms with E-state index >= 15 is 0 Å². The molecule has 0 saturated heterocycles. The van der Waals surface area contributed by atoms with Gasteiger partial charge in [0.25, 0.3) is 0 Å². The first-order chi connectivity index (χ1) is 6.93. The molecule has 1 aromatic rings. The predicted molar refractivity (Wildman–Crippen MR) is 44.8 cm³/mol. The number of hydrogen-bond donors (Lipinski definition) is 2. The molecule has 0 radical (unpaired) electrons. The van der Waals surface area contributed by atoms with E-state index < -0.39 is 10.2 Å². The van der Waals surface area contributed by atoms with Gasteiger partial charge >= 0.3 is 10.2 Å². The summed E-state index contributed by atoms with van der Waals surface area (Å²) in [5.41, 5.74) is 0. The van der Waals surface area contributed by atoms with Crippen LogP contribution >= 0.6 is 0 Å². The SMILES string of the molecule is O=[N+]([O-])O[N+](=O)[O-].Oc1ccccc1O. The molecule has 1 rings (SSSR count). The van der Waals surface area contributed by atoms with E-state index in [9.17, 15) is 0 Å². The van der Waals surface area contributed by atoms with E-state index in [-0.39, 0.29) is 11.5 Å². The molecule has 0 unspecified atom stereocenters. The number of aromatic hydroxyl groups is 2. The molecular formula is C6H6N2O7. The second-order valence-corrected chi connectivity index (χ2v) is 2.02. The summed E-state index contributed by atoms with van der Waals surface area (Å²) in [5.74, 6) is -0.153. The molecule has 0 bridgehead atoms. The summed E-state index contributed by atoms with van der Waals surface area (Å²) in [4.78, 5) is 20.6. The van der Waals surface area contributed by atoms with Crippen molar-refractivity contribution in [1.29, 1.82) is 0 Å². The van der Waals surface area contributed by atoms with Gasteiger partial charge in [-0.2, -0.15) is 0 Å². The quantitative estimate of drug-likeness (QED) is 0.418. The van der Waals surface area contributed by atoms with Crippen LogP contribution in [0, 0.1) is 20.2 Å². The average Bonchev–Trinajstić information content (AvgIpc) is 2.08. The summed E-state index contributed by atoms with van der Waals surface area (Å²) in [7, 11) is 0. The summed E-state index contributed by atoms with van der Waals surface area (Å²) in [5, 5.41) is 32.2. The molecule has 82 valence electrons. The Hall–Kier alpha value is -2.58. The lowest BCUT2D eigenvalue weighted by molar-refractivity contribution is -1.03. The van der Waals surface area contributed by atoms with Crippen molar-refractivity contribution < 1.29 is 25.3 Å². The molecular weight excluding hydrogens is 212 g/mol. The smallest absolute Gasteiger partial charge is 0.356 e. The Labute approximate surface area is 82.4 Å². The number of rotatable bonds is 2. The zero-order chi connectivity index (χ0) is 11.8. The minimum atomic E-state index is -1.50. The standard InChI is InChI=1S/C6H6O2.N2O5/c7-5-3-1-2-4-6(5)8;3-1(4)7-2(5)6/h1-4,7-8H;. The second-order valence-electron chi connectivity index (χ2n) is 2.02. The summed E-state index contributed by atoms with van der Waals surface area (Å²) in [6.45, 7) is 0. The van der Waals surface area contributed by atoms with Crippen LogP contribution in [0.25, 0.3) is 0 Å². The lowest BCUT2D eigenvalue weighted by atomic mass is 10.3. The van der Waals surface area contributed by atoms with Crippen molar-refractivity contribution >= 4 is 0 Å². The molecule has 0 fully saturated rings. The van der Waals surface area contributed by atoms with Crippen molar-refractivity contribution in [3.05, 3.63) is 44.5 Å². The molecule has 0 amide bonds. The van der Waals surface area contributed by atoms with Crippen molar-refractivity contribution in [3.8, 4) is 11.5 Å². The maximum atomic E-state index is 8.95. The van der Waals surface area contributed by atoms with E-state index in [4.69, 9.17) is 30.4 Å². The van der Waals surface area contributed by atoms with E-state index in [0.717, 1.165) is 0 Å². The van der Waals surface area contributed by atoms with Crippen LogP contribution in [0.1, 0.15) is 0 Å². The van der Waals surface area contributed by atoms with Gasteiger partial charge in [0.2, 0.25) is 0 Å². The van der Waals surface area contributed by atoms with Gasteiger partial charge in [0.1, 0.15) is 0 Å². The lowest BCUT2D eigenvalue weighted by Gasteiger charge is -1.91. The summed E-state index contributed by atoms with van der Waals surface area (Å²) in [6.07, 6.45) is 0. The van der Waals surface area contributed by atoms with E-state index in [2.05, 4.69) is 4.94 Å². The van der Waals surface area contributed by atoms with Gasteiger partial charge in [0.05, 0.1) is 0 Å². The molecule has 0 spiro atoms. The molecule has 2 N–H and O–H groups in total. The lowest BCUT2D eigenvalue weighted by Crippen LogP contribution is -2.06. The van der Waals surface area contributed by atoms with Gasteiger partial charge in [-0.3, -0.25) is 0 Å². The first-order valence-corrected chi connectivity index (χ1v) is 3.37. The van der Waals surface area contributed by atoms with Crippen LogP contribution < -0.4 is 0 Å². The highest BCUT2D eigenvalue weighted by molar-refractivity contribution is 5.36. The fourth-order valence-corrected chi connectivity index (χ4v) is 0.519. The van der Waals surface area contributed by atoms with Crippen LogP contribution in [-0.4, -0.2) is 20.4 Å². The molecule has 0 aromatic heterocycles. The highest BCUT2D eigenvalue weighted by Gasteiger charge is 2.05. The Morgan fingerprint density at radius 2 is 1.33 bits per heavy atom. The molecule has 0 saturated carbocycles. The Morgan fingerprint density at radius 3 is 1.47 bits per heavy atom. The molecule has 1 aromatic carbocycles. The van der Waals surface area contributed by atoms with E-state index in [0.29, 0.717) is 0 Å². The molecule has 0 aliphatic heterocycles. The molecule has 0 heterocycles. The van der Waals surface area contributed by atoms with E-state index in [1.807, 2.05) is 0 Å². The number of hydrogen-bond acceptors (Lipinski definition) is 7. The fourth-order valence-electron chi connectivity index (χ4n) is 0.519. The number of nitrogens with zero attached hydrogens (tertiary/aromatic N) is 2. The Morgan fingerprint density at radius 1 is 1.00 bits per heavy atom. The molecule has 9 nitrogen and oxygen atoms in total. The van der Waals surface area contributed by atoms with Crippen molar-refractivity contribution in [2.75, 3.05) is 0 Å². The number of phenolic OH excluding ortho intramolecular Hbond substituents is 2. The predicted octanol–water partition coefficient (Wildman–Crippen LogP) is 0.484. The highest BCUT2D eigenvalue weighted by Crippen LogP contribution is 2.21. The van der Waals surface area contributed by atoms with E-state index in [1.165, 1.54) is 12.1 Å². The highest BCUT2D eigenvalue weighted by atomic mass is 17.1. The van der Waals surface area contributed by atoms with Gasteiger partial charge < -0.3 is 10.2 Å². The van der Waals surface area contributed by atoms with Crippen molar-refractivity contribution in [2.45, 2.75) is 0 Å². The minimum Gasteiger partial charge on any atom is -0.504 e. The molecule has 9 heteroatoms. The monoisotopic (exact) mass is 218 g/mol. The van der Waals surface area contributed by atoms with Crippen molar-refractivity contribution in [2.24, 2.45) is 0 Å².